The van der Waals surface area contributed by atoms with Crippen LogP contribution in [-0.2, 0) is 17.6 Å². The number of aryl methyl sites for hydroxylation is 1. The van der Waals surface area contributed by atoms with Crippen LogP contribution in [0.1, 0.15) is 54.6 Å². The van der Waals surface area contributed by atoms with Crippen molar-refractivity contribution in [2.24, 2.45) is 0 Å². The predicted octanol–water partition coefficient (Wildman–Crippen LogP) is 2.66. The van der Waals surface area contributed by atoms with Crippen LogP contribution in [0.4, 0.5) is 0 Å². The summed E-state index contributed by atoms with van der Waals surface area (Å²) in [4.78, 5) is 22.9. The lowest BCUT2D eigenvalue weighted by Gasteiger charge is -2.14. The molecule has 110 valence electrons. The van der Waals surface area contributed by atoms with Crippen molar-refractivity contribution in [3.05, 3.63) is 22.8 Å². The third-order valence-electron chi connectivity index (χ3n) is 3.26. The van der Waals surface area contributed by atoms with E-state index in [9.17, 15) is 24.9 Å². The molecule has 0 aliphatic rings. The summed E-state index contributed by atoms with van der Waals surface area (Å²) in [6.45, 7) is 3.70. The standard InChI is InChI=1S/C15H20O5/c1-3-5-6-9-7-12(17)14(18)13(15(19)20)11(9)8-10(16)4-2/h7,17-18H,3-6,8H2,1-2H3,(H,19,20). The third-order valence-corrected chi connectivity index (χ3v) is 3.26. The van der Waals surface area contributed by atoms with Gasteiger partial charge in [0, 0.05) is 12.8 Å². The van der Waals surface area contributed by atoms with E-state index in [1.54, 1.807) is 6.92 Å². The molecule has 0 fully saturated rings. The van der Waals surface area contributed by atoms with Crippen LogP contribution in [0.15, 0.2) is 6.07 Å². The second-order valence-electron chi connectivity index (χ2n) is 4.73. The summed E-state index contributed by atoms with van der Waals surface area (Å²) in [6.07, 6.45) is 2.55. The van der Waals surface area contributed by atoms with Gasteiger partial charge in [-0.05, 0) is 30.0 Å². The Kier molecular flexibility index (Phi) is 5.55. The number of benzene rings is 1. The van der Waals surface area contributed by atoms with Crippen LogP contribution >= 0.6 is 0 Å². The minimum absolute atomic E-state index is 0.0367. The minimum atomic E-state index is -1.34. The molecule has 20 heavy (non-hydrogen) atoms. The van der Waals surface area contributed by atoms with Gasteiger partial charge in [-0.15, -0.1) is 0 Å². The minimum Gasteiger partial charge on any atom is -0.504 e. The lowest BCUT2D eigenvalue weighted by molar-refractivity contribution is -0.118. The summed E-state index contributed by atoms with van der Waals surface area (Å²) >= 11 is 0. The molecule has 0 atom stereocenters. The van der Waals surface area contributed by atoms with Gasteiger partial charge in [0.1, 0.15) is 11.3 Å². The summed E-state index contributed by atoms with van der Waals surface area (Å²) < 4.78 is 0. The molecular formula is C15H20O5. The molecule has 1 aromatic carbocycles. The number of phenols is 2. The molecule has 0 aliphatic carbocycles. The van der Waals surface area contributed by atoms with Crippen LogP contribution < -0.4 is 0 Å². The Morgan fingerprint density at radius 2 is 1.85 bits per heavy atom. The van der Waals surface area contributed by atoms with Crippen molar-refractivity contribution in [1.82, 2.24) is 0 Å². The van der Waals surface area contributed by atoms with Gasteiger partial charge < -0.3 is 15.3 Å². The maximum absolute atomic E-state index is 11.6. The van der Waals surface area contributed by atoms with Crippen LogP contribution in [0.2, 0.25) is 0 Å². The quantitative estimate of drug-likeness (QED) is 0.667. The SMILES string of the molecule is CCCCc1cc(O)c(O)c(C(=O)O)c1CC(=O)CC. The van der Waals surface area contributed by atoms with Crippen molar-refractivity contribution in [1.29, 1.82) is 0 Å². The molecule has 0 heterocycles. The fourth-order valence-electron chi connectivity index (χ4n) is 2.10. The molecule has 1 rings (SSSR count). The third kappa shape index (κ3) is 3.50. The average molecular weight is 280 g/mol. The Morgan fingerprint density at radius 1 is 1.20 bits per heavy atom. The van der Waals surface area contributed by atoms with Gasteiger partial charge in [0.05, 0.1) is 0 Å². The maximum atomic E-state index is 11.6. The molecule has 0 saturated heterocycles. The lowest BCUT2D eigenvalue weighted by Crippen LogP contribution is -2.11. The van der Waals surface area contributed by atoms with Gasteiger partial charge >= 0.3 is 5.97 Å². The van der Waals surface area contributed by atoms with E-state index in [-0.39, 0.29) is 17.8 Å². The molecule has 5 heteroatoms. The fraction of sp³-hybridized carbons (Fsp3) is 0.467. The Bertz CT molecular complexity index is 519. The van der Waals surface area contributed by atoms with E-state index >= 15 is 0 Å². The molecule has 0 spiro atoms. The highest BCUT2D eigenvalue weighted by Gasteiger charge is 2.23. The van der Waals surface area contributed by atoms with E-state index < -0.39 is 17.5 Å². The second kappa shape index (κ2) is 6.93. The molecule has 0 unspecified atom stereocenters. The number of Topliss-reactive ketones (excluding diaryl/α,β-unsaturated/α-hetero) is 1. The Morgan fingerprint density at radius 3 is 2.35 bits per heavy atom. The molecule has 5 nitrogen and oxygen atoms in total. The largest absolute Gasteiger partial charge is 0.504 e. The number of ketones is 1. The number of unbranched alkanes of at least 4 members (excludes halogenated alkanes) is 1. The van der Waals surface area contributed by atoms with Crippen LogP contribution in [0.3, 0.4) is 0 Å². The van der Waals surface area contributed by atoms with Crippen molar-refractivity contribution >= 4 is 11.8 Å². The topological polar surface area (TPSA) is 94.8 Å². The van der Waals surface area contributed by atoms with Gasteiger partial charge in [-0.25, -0.2) is 4.79 Å². The van der Waals surface area contributed by atoms with E-state index in [4.69, 9.17) is 0 Å². The second-order valence-corrected chi connectivity index (χ2v) is 4.73. The number of hydrogen-bond donors (Lipinski definition) is 3. The van der Waals surface area contributed by atoms with E-state index in [1.807, 2.05) is 6.92 Å². The van der Waals surface area contributed by atoms with E-state index in [0.717, 1.165) is 12.8 Å². The van der Waals surface area contributed by atoms with Gasteiger partial charge in [0.2, 0.25) is 0 Å². The summed E-state index contributed by atoms with van der Waals surface area (Å²) in [5.74, 6) is -2.57. The molecule has 3 N–H and O–H groups in total. The van der Waals surface area contributed by atoms with E-state index in [0.29, 0.717) is 24.0 Å². The van der Waals surface area contributed by atoms with E-state index in [2.05, 4.69) is 0 Å². The number of carboxylic acid groups (broad SMARTS) is 1. The molecular weight excluding hydrogens is 260 g/mol. The molecule has 0 amide bonds. The lowest BCUT2D eigenvalue weighted by atomic mass is 9.91. The average Bonchev–Trinajstić information content (AvgIpc) is 2.40. The highest BCUT2D eigenvalue weighted by Crippen LogP contribution is 2.35. The van der Waals surface area contributed by atoms with Crippen LogP contribution in [0, 0.1) is 0 Å². The summed E-state index contributed by atoms with van der Waals surface area (Å²) in [6, 6.07) is 1.36. The first-order valence-corrected chi connectivity index (χ1v) is 6.73. The Balaban J connectivity index is 3.40. The summed E-state index contributed by atoms with van der Waals surface area (Å²) in [7, 11) is 0. The highest BCUT2D eigenvalue weighted by atomic mass is 16.4. The Labute approximate surface area is 117 Å². The van der Waals surface area contributed by atoms with Gasteiger partial charge in [0.25, 0.3) is 0 Å². The first-order valence-electron chi connectivity index (χ1n) is 6.73. The van der Waals surface area contributed by atoms with Crippen molar-refractivity contribution < 1.29 is 24.9 Å². The number of rotatable bonds is 7. The smallest absolute Gasteiger partial charge is 0.339 e. The summed E-state index contributed by atoms with van der Waals surface area (Å²) in [5, 5.41) is 28.6. The monoisotopic (exact) mass is 280 g/mol. The van der Waals surface area contributed by atoms with Gasteiger partial charge in [-0.1, -0.05) is 20.3 Å². The molecule has 0 aromatic heterocycles. The number of phenolic OH excluding ortho intramolecular Hbond substituents is 1. The zero-order chi connectivity index (χ0) is 15.3. The predicted molar refractivity (Wildman–Crippen MR) is 74.3 cm³/mol. The normalized spacial score (nSPS) is 10.5. The molecule has 0 saturated carbocycles. The van der Waals surface area contributed by atoms with Crippen LogP contribution in [0.25, 0.3) is 0 Å². The fourth-order valence-corrected chi connectivity index (χ4v) is 2.10. The highest BCUT2D eigenvalue weighted by molar-refractivity contribution is 5.96. The van der Waals surface area contributed by atoms with Gasteiger partial charge in [0.15, 0.2) is 11.5 Å². The van der Waals surface area contributed by atoms with E-state index in [1.165, 1.54) is 6.07 Å². The number of carbonyl (C=O) groups excluding carboxylic acids is 1. The first-order chi connectivity index (χ1) is 9.42. The number of aromatic hydroxyl groups is 2. The van der Waals surface area contributed by atoms with Crippen LogP contribution in [-0.4, -0.2) is 27.1 Å². The number of hydrogen-bond acceptors (Lipinski definition) is 4. The zero-order valence-electron chi connectivity index (χ0n) is 11.8. The molecule has 0 bridgehead atoms. The maximum Gasteiger partial charge on any atom is 0.339 e. The zero-order valence-corrected chi connectivity index (χ0v) is 11.8. The molecule has 1 aromatic rings. The van der Waals surface area contributed by atoms with Crippen molar-refractivity contribution in [3.63, 3.8) is 0 Å². The number of carboxylic acids is 1. The molecule has 0 aliphatic heterocycles. The van der Waals surface area contributed by atoms with Crippen molar-refractivity contribution in [3.8, 4) is 11.5 Å². The molecule has 0 radical (unpaired) electrons. The van der Waals surface area contributed by atoms with Gasteiger partial charge in [-0.3, -0.25) is 4.79 Å². The van der Waals surface area contributed by atoms with Crippen LogP contribution in [0.5, 0.6) is 11.5 Å². The van der Waals surface area contributed by atoms with Gasteiger partial charge in [-0.2, -0.15) is 0 Å². The number of carbonyl (C=O) groups is 2. The van der Waals surface area contributed by atoms with Crippen molar-refractivity contribution in [2.75, 3.05) is 0 Å². The number of aromatic carboxylic acids is 1. The Hall–Kier alpha value is -2.04. The first kappa shape index (κ1) is 16.0. The summed E-state index contributed by atoms with van der Waals surface area (Å²) in [5.41, 5.74) is 0.562. The van der Waals surface area contributed by atoms with Crippen molar-refractivity contribution in [2.45, 2.75) is 46.0 Å².